The lowest BCUT2D eigenvalue weighted by molar-refractivity contribution is -0.139. The van der Waals surface area contributed by atoms with Gasteiger partial charge in [0.05, 0.1) is 26.8 Å². The van der Waals surface area contributed by atoms with Gasteiger partial charge in [-0.15, -0.1) is 0 Å². The number of carboxylic acid groups (broad SMARTS) is 1. The molecule has 5 rings (SSSR count). The molecule has 10 nitrogen and oxygen atoms in total. The number of hydrogen-bond donors (Lipinski definition) is 2. The molecule has 216 valence electrons. The van der Waals surface area contributed by atoms with Gasteiger partial charge in [-0.2, -0.15) is 0 Å². The molecule has 0 fully saturated rings. The molecule has 3 amide bonds. The number of rotatable bonds is 7. The van der Waals surface area contributed by atoms with Gasteiger partial charge in [-0.3, -0.25) is 19.3 Å². The number of hydrogen-bond acceptors (Lipinski definition) is 7. The number of halogens is 2. The Morgan fingerprint density at radius 1 is 1.10 bits per heavy atom. The molecule has 0 saturated heterocycles. The maximum atomic E-state index is 13.3. The largest absolute Gasteiger partial charge is 0.480 e. The van der Waals surface area contributed by atoms with E-state index in [1.54, 1.807) is 30.3 Å². The van der Waals surface area contributed by atoms with Crippen LogP contribution in [0.5, 0.6) is 0 Å². The zero-order valence-corrected chi connectivity index (χ0v) is 24.2. The van der Waals surface area contributed by atoms with Crippen LogP contribution < -0.4 is 5.32 Å². The molecule has 1 aliphatic heterocycles. The molecule has 42 heavy (non-hydrogen) atoms. The van der Waals surface area contributed by atoms with Crippen LogP contribution in [0.2, 0.25) is 10.0 Å². The van der Waals surface area contributed by atoms with E-state index in [-0.39, 0.29) is 51.0 Å². The third-order valence-electron chi connectivity index (χ3n) is 6.93. The Morgan fingerprint density at radius 3 is 2.57 bits per heavy atom. The number of carbonyl (C=O) groups excluding carboxylic acids is 3. The first-order valence-electron chi connectivity index (χ1n) is 12.5. The van der Waals surface area contributed by atoms with E-state index in [0.29, 0.717) is 16.7 Å². The third-order valence-corrected chi connectivity index (χ3v) is 8.75. The second-order valence-electron chi connectivity index (χ2n) is 9.75. The highest BCUT2D eigenvalue weighted by atomic mass is 35.5. The van der Waals surface area contributed by atoms with Gasteiger partial charge < -0.3 is 14.8 Å². The van der Waals surface area contributed by atoms with Gasteiger partial charge in [0.1, 0.15) is 11.6 Å². The Hall–Kier alpha value is -4.19. The van der Waals surface area contributed by atoms with Crippen molar-refractivity contribution in [1.29, 1.82) is 0 Å². The van der Waals surface area contributed by atoms with E-state index < -0.39 is 39.6 Å². The maximum Gasteiger partial charge on any atom is 0.326 e. The van der Waals surface area contributed by atoms with Gasteiger partial charge in [0, 0.05) is 35.7 Å². The number of furan rings is 1. The van der Waals surface area contributed by atoms with Gasteiger partial charge in [0.25, 0.3) is 17.7 Å². The van der Waals surface area contributed by atoms with E-state index in [9.17, 15) is 32.7 Å². The SMILES string of the molecule is CS(=O)(=O)c1cccc(C[C@@H](NC(=O)c2c(Cl)cc3c(c2Cl)CCN(C(=O)c2ccc4ccoc4c2)C3=O)C(=O)O)c1. The van der Waals surface area contributed by atoms with E-state index in [1.807, 2.05) is 0 Å². The van der Waals surface area contributed by atoms with Crippen LogP contribution in [0.3, 0.4) is 0 Å². The van der Waals surface area contributed by atoms with Crippen molar-refractivity contribution in [2.75, 3.05) is 12.8 Å². The molecule has 1 aliphatic rings. The van der Waals surface area contributed by atoms with E-state index in [2.05, 4.69) is 5.32 Å². The monoisotopic (exact) mass is 628 g/mol. The van der Waals surface area contributed by atoms with Crippen molar-refractivity contribution < 1.29 is 37.1 Å². The molecule has 0 spiro atoms. The summed E-state index contributed by atoms with van der Waals surface area (Å²) in [5, 5.41) is 12.6. The maximum absolute atomic E-state index is 13.3. The molecule has 0 radical (unpaired) electrons. The number of nitrogens with one attached hydrogen (secondary N) is 1. The van der Waals surface area contributed by atoms with Gasteiger partial charge in [0.15, 0.2) is 9.84 Å². The number of imide groups is 1. The summed E-state index contributed by atoms with van der Waals surface area (Å²) in [5.41, 5.74) is 1.25. The van der Waals surface area contributed by atoms with Crippen LogP contribution in [0.4, 0.5) is 0 Å². The first-order valence-corrected chi connectivity index (χ1v) is 15.2. The smallest absolute Gasteiger partial charge is 0.326 e. The molecule has 1 atom stereocenters. The molecule has 2 N–H and O–H groups in total. The van der Waals surface area contributed by atoms with Crippen molar-refractivity contribution in [2.24, 2.45) is 0 Å². The second kappa shape index (κ2) is 11.2. The number of nitrogens with zero attached hydrogens (tertiary/aromatic N) is 1. The van der Waals surface area contributed by atoms with Crippen molar-refractivity contribution in [2.45, 2.75) is 23.8 Å². The minimum Gasteiger partial charge on any atom is -0.480 e. The summed E-state index contributed by atoms with van der Waals surface area (Å²) in [6, 6.07) is 12.1. The summed E-state index contributed by atoms with van der Waals surface area (Å²) >= 11 is 12.9. The number of carboxylic acids is 1. The molecule has 0 bridgehead atoms. The summed E-state index contributed by atoms with van der Waals surface area (Å²) in [6.07, 6.45) is 2.44. The lowest BCUT2D eigenvalue weighted by Crippen LogP contribution is -2.43. The summed E-state index contributed by atoms with van der Waals surface area (Å²) in [5.74, 6) is -3.44. The summed E-state index contributed by atoms with van der Waals surface area (Å²) in [4.78, 5) is 52.8. The molecule has 1 aromatic heterocycles. The molecule has 0 aliphatic carbocycles. The molecule has 2 heterocycles. The highest BCUT2D eigenvalue weighted by Gasteiger charge is 2.34. The minimum absolute atomic E-state index is 0.00921. The molecule has 0 saturated carbocycles. The first-order chi connectivity index (χ1) is 19.8. The van der Waals surface area contributed by atoms with Crippen molar-refractivity contribution in [3.05, 3.63) is 98.7 Å². The lowest BCUT2D eigenvalue weighted by Gasteiger charge is -2.28. The van der Waals surface area contributed by atoms with Crippen molar-refractivity contribution in [3.8, 4) is 0 Å². The second-order valence-corrected chi connectivity index (χ2v) is 12.5. The van der Waals surface area contributed by atoms with Crippen molar-refractivity contribution in [3.63, 3.8) is 0 Å². The highest BCUT2D eigenvalue weighted by Crippen LogP contribution is 2.35. The Morgan fingerprint density at radius 2 is 1.86 bits per heavy atom. The van der Waals surface area contributed by atoms with Crippen molar-refractivity contribution in [1.82, 2.24) is 10.2 Å². The topological polar surface area (TPSA) is 151 Å². The van der Waals surface area contributed by atoms with Gasteiger partial charge in [-0.05, 0) is 53.9 Å². The fraction of sp³-hybridized carbons (Fsp3) is 0.172. The summed E-state index contributed by atoms with van der Waals surface area (Å²) < 4.78 is 29.1. The Balaban J connectivity index is 1.38. The fourth-order valence-corrected chi connectivity index (χ4v) is 6.19. The quantitative estimate of drug-likeness (QED) is 0.286. The molecule has 4 aromatic rings. The van der Waals surface area contributed by atoms with E-state index in [0.717, 1.165) is 16.5 Å². The zero-order valence-electron chi connectivity index (χ0n) is 21.9. The normalized spacial score (nSPS) is 14.0. The van der Waals surface area contributed by atoms with Crippen LogP contribution in [0.15, 0.2) is 70.2 Å². The van der Waals surface area contributed by atoms with Crippen LogP contribution in [0, 0.1) is 0 Å². The van der Waals surface area contributed by atoms with Crippen LogP contribution in [0.1, 0.15) is 42.2 Å². The van der Waals surface area contributed by atoms with Gasteiger partial charge in [0.2, 0.25) is 0 Å². The fourth-order valence-electron chi connectivity index (χ4n) is 4.78. The van der Waals surface area contributed by atoms with E-state index >= 15 is 0 Å². The summed E-state index contributed by atoms with van der Waals surface area (Å²) in [7, 11) is -3.53. The predicted molar refractivity (Wildman–Crippen MR) is 154 cm³/mol. The molecular formula is C29H22Cl2N2O8S. The number of fused-ring (bicyclic) bond motifs is 2. The van der Waals surface area contributed by atoms with Crippen LogP contribution in [0.25, 0.3) is 11.0 Å². The predicted octanol–water partition coefficient (Wildman–Crippen LogP) is 4.41. The Bertz CT molecular complexity index is 1900. The summed E-state index contributed by atoms with van der Waals surface area (Å²) in [6.45, 7) is -0.0162. The zero-order chi connectivity index (χ0) is 30.3. The Kier molecular flexibility index (Phi) is 7.84. The first kappa shape index (κ1) is 29.3. The number of benzene rings is 3. The standard InChI is InChI=1S/C29H22Cl2N2O8S/c1-42(39,40)18-4-2-3-15(11-18)12-22(29(37)38)32-26(34)24-21(30)14-20-19(25(24)31)7-9-33(28(20)36)27(35)17-6-5-16-8-10-41-23(16)13-17/h2-6,8,10-11,13-14,22H,7,9,12H2,1H3,(H,32,34)(H,37,38)/t22-/m1/s1. The van der Waals surface area contributed by atoms with Gasteiger partial charge >= 0.3 is 5.97 Å². The molecule has 0 unspecified atom stereocenters. The third kappa shape index (κ3) is 5.63. The van der Waals surface area contributed by atoms with E-state index in [1.165, 1.54) is 30.5 Å². The van der Waals surface area contributed by atoms with Crippen molar-refractivity contribution >= 4 is 67.7 Å². The van der Waals surface area contributed by atoms with E-state index in [4.69, 9.17) is 27.6 Å². The average molecular weight is 629 g/mol. The van der Waals surface area contributed by atoms with Gasteiger partial charge in [-0.1, -0.05) is 41.4 Å². The van der Waals surface area contributed by atoms with Crippen LogP contribution in [-0.4, -0.2) is 61.0 Å². The van der Waals surface area contributed by atoms with Crippen LogP contribution >= 0.6 is 23.2 Å². The van der Waals surface area contributed by atoms with Gasteiger partial charge in [-0.25, -0.2) is 13.2 Å². The number of sulfone groups is 1. The molecular weight excluding hydrogens is 607 g/mol. The number of amides is 3. The minimum atomic E-state index is -3.53. The molecule has 13 heteroatoms. The lowest BCUT2D eigenvalue weighted by atomic mass is 9.95. The number of carbonyl (C=O) groups is 4. The highest BCUT2D eigenvalue weighted by molar-refractivity contribution is 7.90. The Labute approximate surface area is 249 Å². The molecule has 3 aromatic carbocycles. The average Bonchev–Trinajstić information content (AvgIpc) is 3.41. The number of aliphatic carboxylic acids is 1. The van der Waals surface area contributed by atoms with Crippen LogP contribution in [-0.2, 0) is 27.5 Å².